The van der Waals surface area contributed by atoms with Gasteiger partial charge in [0, 0.05) is 18.6 Å². The molecule has 0 spiro atoms. The van der Waals surface area contributed by atoms with Crippen LogP contribution in [0.4, 0.5) is 5.13 Å². The smallest absolute Gasteiger partial charge is 0.204 e. The van der Waals surface area contributed by atoms with Gasteiger partial charge in [-0.2, -0.15) is 4.37 Å². The normalized spacial score (nSPS) is 13.0. The Morgan fingerprint density at radius 1 is 1.82 bits per heavy atom. The molecule has 11 heavy (non-hydrogen) atoms. The maximum Gasteiger partial charge on any atom is 0.204 e. The molecule has 5 heteroatoms. The van der Waals surface area contributed by atoms with Crippen LogP contribution < -0.4 is 4.90 Å². The number of hydrogen-bond acceptors (Lipinski definition) is 5. The Hall–Kier alpha value is -0.680. The van der Waals surface area contributed by atoms with Crippen LogP contribution in [0.25, 0.3) is 0 Å². The second kappa shape index (κ2) is 3.64. The topological polar surface area (TPSA) is 49.2 Å². The van der Waals surface area contributed by atoms with Gasteiger partial charge in [0.1, 0.15) is 6.33 Å². The minimum absolute atomic E-state index is 0.1000. The second-order valence-electron chi connectivity index (χ2n) is 2.37. The van der Waals surface area contributed by atoms with Crippen LogP contribution in [-0.4, -0.2) is 34.2 Å². The molecule has 0 bridgehead atoms. The predicted molar refractivity (Wildman–Crippen MR) is 44.9 cm³/mol. The molecule has 1 aromatic rings. The maximum atomic E-state index is 8.82. The molecule has 1 N–H and O–H groups in total. The summed E-state index contributed by atoms with van der Waals surface area (Å²) in [6, 6.07) is 0.1000. The molecular formula is C6H11N3OS. The SMILES string of the molecule is CC(CO)N(C)c1ncns1. The first-order valence-corrected chi connectivity index (χ1v) is 4.13. The van der Waals surface area contributed by atoms with Gasteiger partial charge in [0.05, 0.1) is 12.6 Å². The highest BCUT2D eigenvalue weighted by Gasteiger charge is 2.10. The quantitative estimate of drug-likeness (QED) is 0.716. The minimum Gasteiger partial charge on any atom is -0.394 e. The van der Waals surface area contributed by atoms with Gasteiger partial charge in [-0.1, -0.05) is 0 Å². The van der Waals surface area contributed by atoms with Crippen molar-refractivity contribution in [3.8, 4) is 0 Å². The van der Waals surface area contributed by atoms with Gasteiger partial charge < -0.3 is 10.0 Å². The van der Waals surface area contributed by atoms with Crippen molar-refractivity contribution >= 4 is 16.7 Å². The zero-order chi connectivity index (χ0) is 8.27. The fourth-order valence-corrected chi connectivity index (χ4v) is 1.23. The molecule has 1 atom stereocenters. The van der Waals surface area contributed by atoms with Gasteiger partial charge in [-0.25, -0.2) is 4.98 Å². The third-order valence-corrected chi connectivity index (χ3v) is 2.33. The van der Waals surface area contributed by atoms with Crippen molar-refractivity contribution in [2.45, 2.75) is 13.0 Å². The molecule has 1 heterocycles. The summed E-state index contributed by atoms with van der Waals surface area (Å²) in [6.07, 6.45) is 1.51. The van der Waals surface area contributed by atoms with E-state index in [1.54, 1.807) is 0 Å². The second-order valence-corrected chi connectivity index (χ2v) is 3.12. The number of aliphatic hydroxyl groups is 1. The molecule has 0 amide bonds. The van der Waals surface area contributed by atoms with Crippen molar-refractivity contribution in [2.75, 3.05) is 18.6 Å². The summed E-state index contributed by atoms with van der Waals surface area (Å²) >= 11 is 1.33. The fraction of sp³-hybridized carbons (Fsp3) is 0.667. The molecule has 0 saturated carbocycles. The summed E-state index contributed by atoms with van der Waals surface area (Å²) in [5.74, 6) is 0. The minimum atomic E-state index is 0.1000. The van der Waals surface area contributed by atoms with Crippen molar-refractivity contribution in [3.05, 3.63) is 6.33 Å². The average molecular weight is 173 g/mol. The molecule has 0 aliphatic carbocycles. The van der Waals surface area contributed by atoms with Gasteiger partial charge in [0.25, 0.3) is 0 Å². The van der Waals surface area contributed by atoms with E-state index in [0.29, 0.717) is 0 Å². The molecule has 0 saturated heterocycles. The summed E-state index contributed by atoms with van der Waals surface area (Å²) < 4.78 is 3.87. The van der Waals surface area contributed by atoms with Crippen LogP contribution in [0.15, 0.2) is 6.33 Å². The summed E-state index contributed by atoms with van der Waals surface area (Å²) in [5.41, 5.74) is 0. The van der Waals surface area contributed by atoms with Crippen molar-refractivity contribution in [1.29, 1.82) is 0 Å². The Kier molecular flexibility index (Phi) is 2.78. The van der Waals surface area contributed by atoms with E-state index >= 15 is 0 Å². The molecule has 0 aliphatic rings. The molecule has 1 rings (SSSR count). The van der Waals surface area contributed by atoms with E-state index in [2.05, 4.69) is 9.36 Å². The lowest BCUT2D eigenvalue weighted by molar-refractivity contribution is 0.270. The van der Waals surface area contributed by atoms with E-state index in [1.165, 1.54) is 17.9 Å². The van der Waals surface area contributed by atoms with E-state index < -0.39 is 0 Å². The zero-order valence-electron chi connectivity index (χ0n) is 6.56. The van der Waals surface area contributed by atoms with Gasteiger partial charge in [0.2, 0.25) is 5.13 Å². The number of nitrogens with zero attached hydrogens (tertiary/aromatic N) is 3. The zero-order valence-corrected chi connectivity index (χ0v) is 7.38. The molecule has 0 aliphatic heterocycles. The fourth-order valence-electron chi connectivity index (χ4n) is 0.634. The first kappa shape index (κ1) is 8.42. The third-order valence-electron chi connectivity index (χ3n) is 1.58. The van der Waals surface area contributed by atoms with Crippen LogP contribution in [0.1, 0.15) is 6.92 Å². The van der Waals surface area contributed by atoms with Crippen LogP contribution in [0.2, 0.25) is 0 Å². The summed E-state index contributed by atoms with van der Waals surface area (Å²) in [6.45, 7) is 2.07. The van der Waals surface area contributed by atoms with Crippen LogP contribution in [-0.2, 0) is 0 Å². The Bertz CT molecular complexity index is 202. The van der Waals surface area contributed by atoms with Gasteiger partial charge >= 0.3 is 0 Å². The number of rotatable bonds is 3. The maximum absolute atomic E-state index is 8.82. The monoisotopic (exact) mass is 173 g/mol. The van der Waals surface area contributed by atoms with E-state index in [9.17, 15) is 0 Å². The number of aliphatic hydroxyl groups excluding tert-OH is 1. The van der Waals surface area contributed by atoms with E-state index in [0.717, 1.165) is 5.13 Å². The van der Waals surface area contributed by atoms with Gasteiger partial charge in [-0.15, -0.1) is 0 Å². The van der Waals surface area contributed by atoms with Crippen LogP contribution in [0.5, 0.6) is 0 Å². The highest BCUT2D eigenvalue weighted by Crippen LogP contribution is 2.14. The lowest BCUT2D eigenvalue weighted by Crippen LogP contribution is -2.31. The molecule has 4 nitrogen and oxygen atoms in total. The largest absolute Gasteiger partial charge is 0.394 e. The predicted octanol–water partition coefficient (Wildman–Crippen LogP) is 0.355. The molecule has 62 valence electrons. The lowest BCUT2D eigenvalue weighted by Gasteiger charge is -2.21. The Morgan fingerprint density at radius 2 is 2.55 bits per heavy atom. The standard InChI is InChI=1S/C6H11N3OS/c1-5(3-10)9(2)6-7-4-8-11-6/h4-5,10H,3H2,1-2H3. The highest BCUT2D eigenvalue weighted by molar-refractivity contribution is 7.09. The molecule has 1 aromatic heterocycles. The first-order chi connectivity index (χ1) is 5.25. The number of hydrogen-bond donors (Lipinski definition) is 1. The van der Waals surface area contributed by atoms with Crippen molar-refractivity contribution in [1.82, 2.24) is 9.36 Å². The Balaban J connectivity index is 2.62. The van der Waals surface area contributed by atoms with Crippen molar-refractivity contribution in [2.24, 2.45) is 0 Å². The van der Waals surface area contributed by atoms with Gasteiger partial charge in [-0.05, 0) is 6.92 Å². The molecule has 1 unspecified atom stereocenters. The lowest BCUT2D eigenvalue weighted by atomic mass is 10.3. The Morgan fingerprint density at radius 3 is 3.00 bits per heavy atom. The summed E-state index contributed by atoms with van der Waals surface area (Å²) in [5, 5.41) is 9.66. The molecule has 0 fully saturated rings. The molecular weight excluding hydrogens is 162 g/mol. The third kappa shape index (κ3) is 1.87. The molecule has 0 radical (unpaired) electrons. The highest BCUT2D eigenvalue weighted by atomic mass is 32.1. The van der Waals surface area contributed by atoms with E-state index in [4.69, 9.17) is 5.11 Å². The van der Waals surface area contributed by atoms with Gasteiger partial charge in [0.15, 0.2) is 0 Å². The number of likely N-dealkylation sites (N-methyl/N-ethyl adjacent to an activating group) is 1. The van der Waals surface area contributed by atoms with Crippen LogP contribution in [0, 0.1) is 0 Å². The Labute approximate surface area is 69.7 Å². The van der Waals surface area contributed by atoms with E-state index in [1.807, 2.05) is 18.9 Å². The van der Waals surface area contributed by atoms with Crippen molar-refractivity contribution in [3.63, 3.8) is 0 Å². The molecule has 0 aromatic carbocycles. The summed E-state index contributed by atoms with van der Waals surface area (Å²) in [4.78, 5) is 5.91. The van der Waals surface area contributed by atoms with E-state index in [-0.39, 0.29) is 12.6 Å². The summed E-state index contributed by atoms with van der Waals surface area (Å²) in [7, 11) is 1.89. The van der Waals surface area contributed by atoms with Crippen molar-refractivity contribution < 1.29 is 5.11 Å². The van der Waals surface area contributed by atoms with Crippen LogP contribution in [0.3, 0.4) is 0 Å². The first-order valence-electron chi connectivity index (χ1n) is 3.36. The van der Waals surface area contributed by atoms with Gasteiger partial charge in [-0.3, -0.25) is 0 Å². The average Bonchev–Trinajstić information content (AvgIpc) is 2.53. The van der Waals surface area contributed by atoms with Crippen LogP contribution >= 0.6 is 11.5 Å². The number of anilines is 1. The number of aromatic nitrogens is 2.